The van der Waals surface area contributed by atoms with Crippen molar-refractivity contribution in [3.05, 3.63) is 65.2 Å². The monoisotopic (exact) mass is 265 g/mol. The van der Waals surface area contributed by atoms with Crippen molar-refractivity contribution in [3.8, 4) is 11.8 Å². The summed E-state index contributed by atoms with van der Waals surface area (Å²) in [5.74, 6) is 0.780. The number of hydrogen-bond donors (Lipinski definition) is 0. The molecule has 2 aromatic carbocycles. The van der Waals surface area contributed by atoms with Gasteiger partial charge in [0.2, 0.25) is 0 Å². The van der Waals surface area contributed by atoms with Crippen LogP contribution in [0.4, 0.5) is 0 Å². The standard InChI is InChI=1S/C18H19NO/c1-14-10-15(2)12-18(11-14)20-17(13-19)9-8-16-6-4-3-5-7-16/h3-7,10-12,17H,8-9H2,1-2H3. The van der Waals surface area contributed by atoms with E-state index in [-0.39, 0.29) is 0 Å². The lowest BCUT2D eigenvalue weighted by atomic mass is 10.1. The minimum absolute atomic E-state index is 0.406. The molecule has 0 saturated heterocycles. The van der Waals surface area contributed by atoms with Crippen LogP contribution in [0.2, 0.25) is 0 Å². The normalized spacial score (nSPS) is 11.7. The third-order valence-electron chi connectivity index (χ3n) is 3.16. The molecule has 0 aliphatic carbocycles. The van der Waals surface area contributed by atoms with Gasteiger partial charge in [-0.1, -0.05) is 36.4 Å². The lowest BCUT2D eigenvalue weighted by Gasteiger charge is -2.13. The van der Waals surface area contributed by atoms with Crippen molar-refractivity contribution in [2.45, 2.75) is 32.8 Å². The van der Waals surface area contributed by atoms with E-state index in [2.05, 4.69) is 24.3 Å². The molecular formula is C18H19NO. The predicted molar refractivity (Wildman–Crippen MR) is 80.7 cm³/mol. The first-order valence-corrected chi connectivity index (χ1v) is 6.86. The molecule has 0 amide bonds. The number of nitrogens with zero attached hydrogens (tertiary/aromatic N) is 1. The van der Waals surface area contributed by atoms with Crippen LogP contribution in [0, 0.1) is 25.2 Å². The summed E-state index contributed by atoms with van der Waals surface area (Å²) in [6.45, 7) is 4.07. The maximum Gasteiger partial charge on any atom is 0.184 e. The zero-order chi connectivity index (χ0) is 14.4. The summed E-state index contributed by atoms with van der Waals surface area (Å²) in [5, 5.41) is 9.23. The van der Waals surface area contributed by atoms with Gasteiger partial charge in [-0.15, -0.1) is 0 Å². The van der Waals surface area contributed by atoms with E-state index in [0.29, 0.717) is 6.42 Å². The van der Waals surface area contributed by atoms with Crippen LogP contribution in [0.3, 0.4) is 0 Å². The minimum atomic E-state index is -0.406. The number of hydrogen-bond acceptors (Lipinski definition) is 2. The number of aryl methyl sites for hydroxylation is 3. The Morgan fingerprint density at radius 1 is 1.05 bits per heavy atom. The van der Waals surface area contributed by atoms with Gasteiger partial charge in [0.15, 0.2) is 6.10 Å². The predicted octanol–water partition coefficient (Wildman–Crippen LogP) is 4.21. The van der Waals surface area contributed by atoms with Gasteiger partial charge in [-0.2, -0.15) is 5.26 Å². The molecule has 0 heterocycles. The van der Waals surface area contributed by atoms with Gasteiger partial charge < -0.3 is 4.74 Å². The highest BCUT2D eigenvalue weighted by Crippen LogP contribution is 2.19. The molecule has 0 spiro atoms. The summed E-state index contributed by atoms with van der Waals surface area (Å²) in [5.41, 5.74) is 3.54. The zero-order valence-corrected chi connectivity index (χ0v) is 12.0. The second-order valence-corrected chi connectivity index (χ2v) is 5.08. The molecule has 0 fully saturated rings. The Balaban J connectivity index is 1.97. The average Bonchev–Trinajstić information content (AvgIpc) is 2.43. The van der Waals surface area contributed by atoms with Crippen LogP contribution in [0.15, 0.2) is 48.5 Å². The average molecular weight is 265 g/mol. The van der Waals surface area contributed by atoms with Crippen LogP contribution < -0.4 is 4.74 Å². The van der Waals surface area contributed by atoms with Gasteiger partial charge in [-0.05, 0) is 49.1 Å². The Kier molecular flexibility index (Phi) is 4.79. The molecule has 2 nitrogen and oxygen atoms in total. The van der Waals surface area contributed by atoms with Gasteiger partial charge in [0.05, 0.1) is 0 Å². The largest absolute Gasteiger partial charge is 0.476 e. The number of rotatable bonds is 5. The highest BCUT2D eigenvalue weighted by Gasteiger charge is 2.10. The molecule has 0 saturated carbocycles. The van der Waals surface area contributed by atoms with Crippen molar-refractivity contribution in [1.82, 2.24) is 0 Å². The smallest absolute Gasteiger partial charge is 0.184 e. The van der Waals surface area contributed by atoms with Crippen molar-refractivity contribution >= 4 is 0 Å². The molecule has 2 heteroatoms. The van der Waals surface area contributed by atoms with Gasteiger partial charge in [-0.3, -0.25) is 0 Å². The fraction of sp³-hybridized carbons (Fsp3) is 0.278. The molecule has 0 N–H and O–H groups in total. The molecule has 1 atom stereocenters. The summed E-state index contributed by atoms with van der Waals surface area (Å²) >= 11 is 0. The Labute approximate surface area is 120 Å². The molecule has 0 radical (unpaired) electrons. The first-order valence-electron chi connectivity index (χ1n) is 6.86. The van der Waals surface area contributed by atoms with E-state index in [1.165, 1.54) is 5.56 Å². The molecule has 102 valence electrons. The van der Waals surface area contributed by atoms with Crippen molar-refractivity contribution in [2.24, 2.45) is 0 Å². The third-order valence-corrected chi connectivity index (χ3v) is 3.16. The van der Waals surface area contributed by atoms with Crippen LogP contribution in [0.5, 0.6) is 5.75 Å². The van der Waals surface area contributed by atoms with E-state index in [0.717, 1.165) is 23.3 Å². The molecule has 0 aliphatic rings. The number of benzene rings is 2. The third kappa shape index (κ3) is 4.13. The lowest BCUT2D eigenvalue weighted by molar-refractivity contribution is 0.245. The minimum Gasteiger partial charge on any atom is -0.476 e. The molecule has 2 aromatic rings. The van der Waals surface area contributed by atoms with E-state index in [1.54, 1.807) is 0 Å². The van der Waals surface area contributed by atoms with Crippen LogP contribution in [0.25, 0.3) is 0 Å². The highest BCUT2D eigenvalue weighted by atomic mass is 16.5. The maximum absolute atomic E-state index is 9.23. The summed E-state index contributed by atoms with van der Waals surface area (Å²) < 4.78 is 5.79. The van der Waals surface area contributed by atoms with Gasteiger partial charge in [0.1, 0.15) is 11.8 Å². The lowest BCUT2D eigenvalue weighted by Crippen LogP contribution is -2.15. The Morgan fingerprint density at radius 3 is 2.30 bits per heavy atom. The zero-order valence-electron chi connectivity index (χ0n) is 12.0. The Morgan fingerprint density at radius 2 is 1.70 bits per heavy atom. The van der Waals surface area contributed by atoms with Crippen molar-refractivity contribution in [2.75, 3.05) is 0 Å². The topological polar surface area (TPSA) is 33.0 Å². The molecule has 0 aliphatic heterocycles. The van der Waals surface area contributed by atoms with Gasteiger partial charge in [-0.25, -0.2) is 0 Å². The van der Waals surface area contributed by atoms with E-state index >= 15 is 0 Å². The molecular weight excluding hydrogens is 246 g/mol. The molecule has 2 rings (SSSR count). The summed E-state index contributed by atoms with van der Waals surface area (Å²) in [6, 6.07) is 18.5. The summed E-state index contributed by atoms with van der Waals surface area (Å²) in [7, 11) is 0. The molecule has 20 heavy (non-hydrogen) atoms. The second-order valence-electron chi connectivity index (χ2n) is 5.08. The van der Waals surface area contributed by atoms with Crippen LogP contribution in [-0.4, -0.2) is 6.10 Å². The van der Waals surface area contributed by atoms with Gasteiger partial charge >= 0.3 is 0 Å². The van der Waals surface area contributed by atoms with E-state index in [4.69, 9.17) is 4.74 Å². The van der Waals surface area contributed by atoms with E-state index in [9.17, 15) is 5.26 Å². The van der Waals surface area contributed by atoms with Crippen LogP contribution in [0.1, 0.15) is 23.1 Å². The van der Waals surface area contributed by atoms with E-state index < -0.39 is 6.10 Å². The summed E-state index contributed by atoms with van der Waals surface area (Å²) in [4.78, 5) is 0. The maximum atomic E-state index is 9.23. The van der Waals surface area contributed by atoms with Crippen LogP contribution in [-0.2, 0) is 6.42 Å². The van der Waals surface area contributed by atoms with E-state index in [1.807, 2.05) is 44.2 Å². The Bertz CT molecular complexity index is 578. The molecule has 0 aromatic heterocycles. The van der Waals surface area contributed by atoms with Gasteiger partial charge in [0.25, 0.3) is 0 Å². The van der Waals surface area contributed by atoms with Gasteiger partial charge in [0, 0.05) is 6.42 Å². The molecule has 0 bridgehead atoms. The number of ether oxygens (including phenoxy) is 1. The second kappa shape index (κ2) is 6.77. The fourth-order valence-electron chi connectivity index (χ4n) is 2.26. The van der Waals surface area contributed by atoms with Crippen molar-refractivity contribution in [1.29, 1.82) is 5.26 Å². The summed E-state index contributed by atoms with van der Waals surface area (Å²) in [6.07, 6.45) is 1.15. The SMILES string of the molecule is Cc1cc(C)cc(OC(C#N)CCc2ccccc2)c1. The highest BCUT2D eigenvalue weighted by molar-refractivity contribution is 5.33. The molecule has 1 unspecified atom stereocenters. The first-order chi connectivity index (χ1) is 9.67. The number of nitriles is 1. The fourth-order valence-corrected chi connectivity index (χ4v) is 2.26. The van der Waals surface area contributed by atoms with Crippen molar-refractivity contribution in [3.63, 3.8) is 0 Å². The quantitative estimate of drug-likeness (QED) is 0.811. The van der Waals surface area contributed by atoms with Crippen molar-refractivity contribution < 1.29 is 4.74 Å². The van der Waals surface area contributed by atoms with Crippen LogP contribution >= 0.6 is 0 Å². The Hall–Kier alpha value is -2.27. The first kappa shape index (κ1) is 14.1.